The van der Waals surface area contributed by atoms with Gasteiger partial charge < -0.3 is 5.73 Å². The molecule has 3 nitrogen and oxygen atoms in total. The fourth-order valence-corrected chi connectivity index (χ4v) is 1.84. The second-order valence-electron chi connectivity index (χ2n) is 4.09. The van der Waals surface area contributed by atoms with Crippen LogP contribution in [0.15, 0.2) is 29.3 Å². The van der Waals surface area contributed by atoms with Crippen molar-refractivity contribution in [2.45, 2.75) is 26.7 Å². The van der Waals surface area contributed by atoms with Crippen molar-refractivity contribution in [2.75, 3.05) is 5.73 Å². The van der Waals surface area contributed by atoms with Gasteiger partial charge in [-0.2, -0.15) is 0 Å². The fraction of sp³-hybridized carbons (Fsp3) is 0.286. The van der Waals surface area contributed by atoms with E-state index in [4.69, 9.17) is 5.73 Å². The molecule has 1 aromatic heterocycles. The molecule has 2 aromatic rings. The van der Waals surface area contributed by atoms with Crippen molar-refractivity contribution in [3.8, 4) is 0 Å². The fourth-order valence-electron chi connectivity index (χ4n) is 1.84. The van der Waals surface area contributed by atoms with Gasteiger partial charge in [-0.3, -0.25) is 4.99 Å². The first kappa shape index (κ1) is 11.6. The normalized spacial score (nSPS) is 11.4. The van der Waals surface area contributed by atoms with E-state index in [0.29, 0.717) is 5.82 Å². The largest absolute Gasteiger partial charge is 0.382 e. The molecule has 0 atom stereocenters. The van der Waals surface area contributed by atoms with Gasteiger partial charge in [0.25, 0.3) is 0 Å². The molecule has 17 heavy (non-hydrogen) atoms. The molecule has 0 bridgehead atoms. The maximum absolute atomic E-state index is 5.94. The van der Waals surface area contributed by atoms with Gasteiger partial charge in [-0.25, -0.2) is 4.98 Å². The average molecular weight is 227 g/mol. The highest BCUT2D eigenvalue weighted by atomic mass is 14.9. The van der Waals surface area contributed by atoms with Crippen LogP contribution < -0.4 is 5.73 Å². The lowest BCUT2D eigenvalue weighted by atomic mass is 10.1. The number of hydrogen-bond acceptors (Lipinski definition) is 3. The Morgan fingerprint density at radius 1 is 1.35 bits per heavy atom. The molecule has 2 N–H and O–H groups in total. The first-order chi connectivity index (χ1) is 8.24. The molecule has 0 unspecified atom stereocenters. The van der Waals surface area contributed by atoms with E-state index < -0.39 is 0 Å². The molecule has 1 heterocycles. The Labute approximate surface area is 101 Å². The Hall–Kier alpha value is -1.90. The van der Waals surface area contributed by atoms with E-state index in [0.717, 1.165) is 35.0 Å². The summed E-state index contributed by atoms with van der Waals surface area (Å²) in [5, 5.41) is 1.12. The molecule has 2 rings (SSSR count). The third-order valence-corrected chi connectivity index (χ3v) is 2.78. The predicted molar refractivity (Wildman–Crippen MR) is 74.0 cm³/mol. The van der Waals surface area contributed by atoms with Gasteiger partial charge in [0.05, 0.1) is 5.52 Å². The van der Waals surface area contributed by atoms with Crippen LogP contribution in [0.3, 0.4) is 0 Å². The zero-order chi connectivity index (χ0) is 12.3. The van der Waals surface area contributed by atoms with Gasteiger partial charge in [-0.15, -0.1) is 0 Å². The summed E-state index contributed by atoms with van der Waals surface area (Å²) in [5.41, 5.74) is 8.77. The summed E-state index contributed by atoms with van der Waals surface area (Å²) in [6.45, 7) is 4.17. The van der Waals surface area contributed by atoms with Crippen molar-refractivity contribution in [3.63, 3.8) is 0 Å². The summed E-state index contributed by atoms with van der Waals surface area (Å²) in [6.07, 6.45) is 3.96. The second kappa shape index (κ2) is 4.95. The molecule has 0 saturated heterocycles. The van der Waals surface area contributed by atoms with Crippen LogP contribution in [0.1, 0.15) is 25.3 Å². The van der Waals surface area contributed by atoms with E-state index >= 15 is 0 Å². The molecule has 0 spiro atoms. The van der Waals surface area contributed by atoms with Crippen LogP contribution in [0.2, 0.25) is 0 Å². The lowest BCUT2D eigenvalue weighted by Gasteiger charge is -2.07. The monoisotopic (exact) mass is 227 g/mol. The number of nitrogens with two attached hydrogens (primary N) is 1. The van der Waals surface area contributed by atoms with Crippen molar-refractivity contribution >= 4 is 28.6 Å². The Bertz CT molecular complexity index is 559. The standard InChI is InChI=1S/C14H17N3/c1-3-4-9-16-13-10(2)11-7-5-6-8-12(11)17-14(13)15/h5-9H,3-4H2,1-2H3,(H2,15,17). The molecular weight excluding hydrogens is 210 g/mol. The summed E-state index contributed by atoms with van der Waals surface area (Å²) in [4.78, 5) is 8.81. The third-order valence-electron chi connectivity index (χ3n) is 2.78. The van der Waals surface area contributed by atoms with Gasteiger partial charge >= 0.3 is 0 Å². The van der Waals surface area contributed by atoms with E-state index in [-0.39, 0.29) is 0 Å². The van der Waals surface area contributed by atoms with Gasteiger partial charge in [0.15, 0.2) is 0 Å². The first-order valence-electron chi connectivity index (χ1n) is 5.91. The number of benzene rings is 1. The van der Waals surface area contributed by atoms with E-state index in [9.17, 15) is 0 Å². The number of aryl methyl sites for hydroxylation is 1. The van der Waals surface area contributed by atoms with Crippen LogP contribution in [0.25, 0.3) is 10.9 Å². The quantitative estimate of drug-likeness (QED) is 0.814. The Morgan fingerprint density at radius 2 is 2.12 bits per heavy atom. The predicted octanol–water partition coefficient (Wildman–Crippen LogP) is 3.63. The maximum atomic E-state index is 5.94. The summed E-state index contributed by atoms with van der Waals surface area (Å²) in [5.74, 6) is 0.508. The molecular formula is C14H17N3. The minimum Gasteiger partial charge on any atom is -0.382 e. The van der Waals surface area contributed by atoms with Crippen LogP contribution in [0.4, 0.5) is 11.5 Å². The SMILES string of the molecule is CCCC=Nc1c(N)nc2ccccc2c1C. The number of para-hydroxylation sites is 1. The molecule has 3 heteroatoms. The Balaban J connectivity index is 2.55. The molecule has 0 aliphatic heterocycles. The molecule has 1 aromatic carbocycles. The second-order valence-corrected chi connectivity index (χ2v) is 4.09. The lowest BCUT2D eigenvalue weighted by Crippen LogP contribution is -1.94. The van der Waals surface area contributed by atoms with Crippen LogP contribution in [0.5, 0.6) is 0 Å². The number of nitrogen functional groups attached to an aromatic ring is 1. The van der Waals surface area contributed by atoms with Crippen LogP contribution in [-0.2, 0) is 0 Å². The minimum atomic E-state index is 0.508. The third kappa shape index (κ3) is 2.28. The van der Waals surface area contributed by atoms with Crippen molar-refractivity contribution in [2.24, 2.45) is 4.99 Å². The van der Waals surface area contributed by atoms with Gasteiger partial charge in [0.2, 0.25) is 0 Å². The zero-order valence-electron chi connectivity index (χ0n) is 10.3. The maximum Gasteiger partial charge on any atom is 0.150 e. The zero-order valence-corrected chi connectivity index (χ0v) is 10.3. The lowest BCUT2D eigenvalue weighted by molar-refractivity contribution is 1.01. The Kier molecular flexibility index (Phi) is 3.38. The van der Waals surface area contributed by atoms with Crippen molar-refractivity contribution in [3.05, 3.63) is 29.8 Å². The van der Waals surface area contributed by atoms with Gasteiger partial charge in [-0.05, 0) is 25.0 Å². The number of aliphatic imine (C=N–C) groups is 1. The number of rotatable bonds is 3. The van der Waals surface area contributed by atoms with Crippen LogP contribution >= 0.6 is 0 Å². The molecule has 0 fully saturated rings. The Morgan fingerprint density at radius 3 is 2.88 bits per heavy atom. The molecule has 0 radical (unpaired) electrons. The smallest absolute Gasteiger partial charge is 0.150 e. The van der Waals surface area contributed by atoms with E-state index in [1.165, 1.54) is 0 Å². The minimum absolute atomic E-state index is 0.508. The topological polar surface area (TPSA) is 51.3 Å². The number of fused-ring (bicyclic) bond motifs is 1. The van der Waals surface area contributed by atoms with Crippen LogP contribution in [-0.4, -0.2) is 11.2 Å². The number of hydrogen-bond donors (Lipinski definition) is 1. The first-order valence-corrected chi connectivity index (χ1v) is 5.91. The van der Waals surface area contributed by atoms with Crippen molar-refractivity contribution < 1.29 is 0 Å². The number of aromatic nitrogens is 1. The van der Waals surface area contributed by atoms with Gasteiger partial charge in [-0.1, -0.05) is 31.5 Å². The summed E-state index contributed by atoms with van der Waals surface area (Å²) in [6, 6.07) is 8.00. The average Bonchev–Trinajstić information content (AvgIpc) is 2.33. The van der Waals surface area contributed by atoms with Crippen molar-refractivity contribution in [1.82, 2.24) is 4.98 Å². The van der Waals surface area contributed by atoms with Crippen LogP contribution in [0, 0.1) is 6.92 Å². The number of pyridine rings is 1. The highest BCUT2D eigenvalue weighted by molar-refractivity contribution is 5.90. The highest BCUT2D eigenvalue weighted by Crippen LogP contribution is 2.30. The summed E-state index contributed by atoms with van der Waals surface area (Å²) in [7, 11) is 0. The van der Waals surface area contributed by atoms with E-state index in [1.54, 1.807) is 0 Å². The number of nitrogens with zero attached hydrogens (tertiary/aromatic N) is 2. The van der Waals surface area contributed by atoms with Crippen molar-refractivity contribution in [1.29, 1.82) is 0 Å². The molecule has 0 saturated carbocycles. The highest BCUT2D eigenvalue weighted by Gasteiger charge is 2.07. The van der Waals surface area contributed by atoms with Gasteiger partial charge in [0.1, 0.15) is 11.5 Å². The van der Waals surface area contributed by atoms with E-state index in [1.807, 2.05) is 31.3 Å². The van der Waals surface area contributed by atoms with Gasteiger partial charge in [0, 0.05) is 11.6 Å². The molecule has 0 amide bonds. The van der Waals surface area contributed by atoms with E-state index in [2.05, 4.69) is 23.0 Å². The summed E-state index contributed by atoms with van der Waals surface area (Å²) >= 11 is 0. The molecule has 0 aliphatic rings. The molecule has 0 aliphatic carbocycles. The number of unbranched alkanes of at least 4 members (excludes halogenated alkanes) is 1. The summed E-state index contributed by atoms with van der Waals surface area (Å²) < 4.78 is 0. The number of anilines is 1. The molecule has 88 valence electrons.